The number of aromatic amines is 1. The predicted octanol–water partition coefficient (Wildman–Crippen LogP) is 0.183. The molecule has 0 spiro atoms. The number of carbonyl (C=O) groups is 1. The van der Waals surface area contributed by atoms with Crippen LogP contribution in [-0.4, -0.2) is 27.5 Å². The van der Waals surface area contributed by atoms with Gasteiger partial charge in [0.1, 0.15) is 11.9 Å². The van der Waals surface area contributed by atoms with Crippen molar-refractivity contribution >= 4 is 22.9 Å². The zero-order valence-electron chi connectivity index (χ0n) is 9.43. The zero-order chi connectivity index (χ0) is 13.3. The molecule has 0 aromatic carbocycles. The summed E-state index contributed by atoms with van der Waals surface area (Å²) in [5, 5.41) is 11.4. The first-order valence-electron chi connectivity index (χ1n) is 5.07. The van der Waals surface area contributed by atoms with E-state index in [0.717, 1.165) is 0 Å². The van der Waals surface area contributed by atoms with Crippen molar-refractivity contribution in [1.29, 1.82) is 5.26 Å². The standard InChI is InChI=1S/C10H9N5O3/c1-2-18-10(17)15-9(16)6-3-5(4-11)7(12)13-8(6)14-15/h3H,2H2,1H3,(H3,12,13,14). The lowest BCUT2D eigenvalue weighted by atomic mass is 10.2. The number of hydrogen-bond donors (Lipinski definition) is 2. The van der Waals surface area contributed by atoms with Crippen LogP contribution in [0, 0.1) is 11.3 Å². The maximum Gasteiger partial charge on any atom is 0.436 e. The fourth-order valence-electron chi connectivity index (χ4n) is 1.46. The smallest absolute Gasteiger partial charge is 0.436 e. The Kier molecular flexibility index (Phi) is 2.73. The maximum atomic E-state index is 11.9. The number of pyridine rings is 1. The number of rotatable bonds is 1. The van der Waals surface area contributed by atoms with Gasteiger partial charge in [0.2, 0.25) is 0 Å². The molecule has 8 nitrogen and oxygen atoms in total. The molecule has 0 saturated carbocycles. The van der Waals surface area contributed by atoms with E-state index in [-0.39, 0.29) is 29.0 Å². The lowest BCUT2D eigenvalue weighted by Gasteiger charge is -1.98. The van der Waals surface area contributed by atoms with Crippen molar-refractivity contribution in [3.8, 4) is 6.07 Å². The Bertz CT molecular complexity index is 721. The van der Waals surface area contributed by atoms with E-state index in [4.69, 9.17) is 15.7 Å². The molecule has 0 unspecified atom stereocenters. The molecule has 2 aromatic rings. The van der Waals surface area contributed by atoms with E-state index in [1.807, 2.05) is 6.07 Å². The van der Waals surface area contributed by atoms with Crippen LogP contribution >= 0.6 is 0 Å². The Hall–Kier alpha value is -2.82. The Morgan fingerprint density at radius 3 is 3.06 bits per heavy atom. The second-order valence-corrected chi connectivity index (χ2v) is 3.38. The molecule has 8 heteroatoms. The van der Waals surface area contributed by atoms with Crippen molar-refractivity contribution < 1.29 is 9.53 Å². The summed E-state index contributed by atoms with van der Waals surface area (Å²) in [6.45, 7) is 1.76. The first kappa shape index (κ1) is 11.7. The Labute approximate surface area is 101 Å². The van der Waals surface area contributed by atoms with E-state index < -0.39 is 11.7 Å². The van der Waals surface area contributed by atoms with Gasteiger partial charge in [0, 0.05) is 0 Å². The van der Waals surface area contributed by atoms with Crippen LogP contribution in [0.1, 0.15) is 12.5 Å². The quantitative estimate of drug-likeness (QED) is 0.740. The predicted molar refractivity (Wildman–Crippen MR) is 61.9 cm³/mol. The van der Waals surface area contributed by atoms with Crippen LogP contribution in [0.5, 0.6) is 0 Å². The van der Waals surface area contributed by atoms with Gasteiger partial charge in [0.15, 0.2) is 5.65 Å². The SMILES string of the molecule is CCOC(=O)n1[nH]c2nc(N)c(C#N)cc2c1=O. The lowest BCUT2D eigenvalue weighted by molar-refractivity contribution is 0.149. The topological polar surface area (TPSA) is 127 Å². The molecule has 0 atom stereocenters. The number of aromatic nitrogens is 3. The van der Waals surface area contributed by atoms with Crippen molar-refractivity contribution in [3.05, 3.63) is 22.0 Å². The number of nitriles is 1. The van der Waals surface area contributed by atoms with Crippen LogP contribution in [-0.2, 0) is 4.74 Å². The molecule has 2 heterocycles. The molecule has 2 rings (SSSR count). The van der Waals surface area contributed by atoms with Crippen molar-refractivity contribution in [3.63, 3.8) is 0 Å². The molecular weight excluding hydrogens is 238 g/mol. The summed E-state index contributed by atoms with van der Waals surface area (Å²) >= 11 is 0. The second kappa shape index (κ2) is 4.21. The molecule has 3 N–H and O–H groups in total. The molecule has 0 amide bonds. The molecule has 0 aliphatic rings. The van der Waals surface area contributed by atoms with Crippen LogP contribution in [0.25, 0.3) is 11.0 Å². The Morgan fingerprint density at radius 1 is 1.72 bits per heavy atom. The molecule has 92 valence electrons. The first-order valence-corrected chi connectivity index (χ1v) is 5.07. The largest absolute Gasteiger partial charge is 0.448 e. The summed E-state index contributed by atoms with van der Waals surface area (Å²) in [6, 6.07) is 3.10. The van der Waals surface area contributed by atoms with Gasteiger partial charge in [0.25, 0.3) is 5.56 Å². The van der Waals surface area contributed by atoms with Gasteiger partial charge in [-0.15, -0.1) is 4.68 Å². The number of fused-ring (bicyclic) bond motifs is 1. The lowest BCUT2D eigenvalue weighted by Crippen LogP contribution is -2.25. The highest BCUT2D eigenvalue weighted by Gasteiger charge is 2.16. The van der Waals surface area contributed by atoms with Gasteiger partial charge in [-0.2, -0.15) is 5.26 Å². The van der Waals surface area contributed by atoms with Gasteiger partial charge >= 0.3 is 6.09 Å². The second-order valence-electron chi connectivity index (χ2n) is 3.38. The molecule has 0 aliphatic heterocycles. The molecule has 2 aromatic heterocycles. The van der Waals surface area contributed by atoms with Crippen molar-refractivity contribution in [2.75, 3.05) is 12.3 Å². The van der Waals surface area contributed by atoms with Crippen LogP contribution < -0.4 is 11.3 Å². The van der Waals surface area contributed by atoms with Crippen LogP contribution in [0.15, 0.2) is 10.9 Å². The van der Waals surface area contributed by atoms with E-state index in [0.29, 0.717) is 4.68 Å². The van der Waals surface area contributed by atoms with Crippen LogP contribution in [0.4, 0.5) is 10.6 Å². The van der Waals surface area contributed by atoms with Crippen molar-refractivity contribution in [2.45, 2.75) is 6.92 Å². The highest BCUT2D eigenvalue weighted by Crippen LogP contribution is 2.13. The molecule has 0 bridgehead atoms. The minimum absolute atomic E-state index is 0.0118. The third-order valence-corrected chi connectivity index (χ3v) is 2.27. The molecule has 0 radical (unpaired) electrons. The first-order chi connectivity index (χ1) is 8.58. The summed E-state index contributed by atoms with van der Waals surface area (Å²) in [5.41, 5.74) is 5.09. The van der Waals surface area contributed by atoms with Gasteiger partial charge in [0.05, 0.1) is 17.6 Å². The summed E-state index contributed by atoms with van der Waals surface area (Å²) in [4.78, 5) is 27.2. The third-order valence-electron chi connectivity index (χ3n) is 2.27. The van der Waals surface area contributed by atoms with Crippen LogP contribution in [0.3, 0.4) is 0 Å². The number of hydrogen-bond acceptors (Lipinski definition) is 6. The fourth-order valence-corrected chi connectivity index (χ4v) is 1.46. The number of nitrogens with one attached hydrogen (secondary N) is 1. The highest BCUT2D eigenvalue weighted by atomic mass is 16.6. The van der Waals surface area contributed by atoms with Gasteiger partial charge in [-0.3, -0.25) is 9.89 Å². The fraction of sp³-hybridized carbons (Fsp3) is 0.200. The van der Waals surface area contributed by atoms with E-state index in [1.165, 1.54) is 6.07 Å². The molecule has 0 aliphatic carbocycles. The van der Waals surface area contributed by atoms with Gasteiger partial charge in [-0.05, 0) is 13.0 Å². The van der Waals surface area contributed by atoms with Crippen molar-refractivity contribution in [1.82, 2.24) is 14.8 Å². The minimum atomic E-state index is -0.836. The number of anilines is 1. The van der Waals surface area contributed by atoms with Crippen LogP contribution in [0.2, 0.25) is 0 Å². The third kappa shape index (κ3) is 1.67. The zero-order valence-corrected chi connectivity index (χ0v) is 9.43. The van der Waals surface area contributed by atoms with E-state index in [2.05, 4.69) is 10.1 Å². The minimum Gasteiger partial charge on any atom is -0.448 e. The molecular formula is C10H9N5O3. The normalized spacial score (nSPS) is 10.2. The van der Waals surface area contributed by atoms with Gasteiger partial charge < -0.3 is 10.5 Å². The Morgan fingerprint density at radius 2 is 2.44 bits per heavy atom. The number of nitrogens with zero attached hydrogens (tertiary/aromatic N) is 3. The van der Waals surface area contributed by atoms with E-state index in [9.17, 15) is 9.59 Å². The maximum absolute atomic E-state index is 11.9. The monoisotopic (exact) mass is 247 g/mol. The number of carbonyl (C=O) groups excluding carboxylic acids is 1. The summed E-state index contributed by atoms with van der Waals surface area (Å²) in [5.74, 6) is -0.0118. The number of H-pyrrole nitrogens is 1. The molecule has 18 heavy (non-hydrogen) atoms. The summed E-state index contributed by atoms with van der Waals surface area (Å²) in [7, 11) is 0. The summed E-state index contributed by atoms with van der Waals surface area (Å²) < 4.78 is 5.38. The van der Waals surface area contributed by atoms with Gasteiger partial charge in [-0.1, -0.05) is 0 Å². The molecule has 0 fully saturated rings. The average molecular weight is 247 g/mol. The number of nitrogens with two attached hydrogens (primary N) is 1. The van der Waals surface area contributed by atoms with Gasteiger partial charge in [-0.25, -0.2) is 9.78 Å². The van der Waals surface area contributed by atoms with E-state index in [1.54, 1.807) is 6.92 Å². The summed E-state index contributed by atoms with van der Waals surface area (Å²) in [6.07, 6.45) is -0.836. The number of nitrogen functional groups attached to an aromatic ring is 1. The molecule has 0 saturated heterocycles. The Balaban J connectivity index is 2.68. The average Bonchev–Trinajstić information content (AvgIpc) is 2.65. The van der Waals surface area contributed by atoms with E-state index >= 15 is 0 Å². The number of ether oxygens (including phenoxy) is 1. The van der Waals surface area contributed by atoms with Crippen molar-refractivity contribution in [2.24, 2.45) is 0 Å². The highest BCUT2D eigenvalue weighted by molar-refractivity contribution is 5.82.